The number of hydrogen-bond donors (Lipinski definition) is 2. The summed E-state index contributed by atoms with van der Waals surface area (Å²) in [5.41, 5.74) is 0. The number of aliphatic hydroxyl groups excluding tert-OH is 1. The Bertz CT molecular complexity index is 145. The average molecular weight is 143 g/mol. The third kappa shape index (κ3) is 1.70. The molecule has 0 saturated heterocycles. The van der Waals surface area contributed by atoms with Crippen molar-refractivity contribution < 1.29 is 9.90 Å². The minimum Gasteiger partial charge on any atom is -0.384 e. The molecule has 0 aromatic heterocycles. The molecular formula is C7H13NO2. The molecule has 0 bridgehead atoms. The van der Waals surface area contributed by atoms with Gasteiger partial charge in [0.1, 0.15) is 6.10 Å². The number of aliphatic hydroxyl groups is 1. The second-order valence-corrected chi connectivity index (χ2v) is 3.00. The van der Waals surface area contributed by atoms with Gasteiger partial charge in [0.25, 0.3) is 0 Å². The summed E-state index contributed by atoms with van der Waals surface area (Å²) in [4.78, 5) is 10.8. The van der Waals surface area contributed by atoms with Crippen LogP contribution in [0.1, 0.15) is 20.3 Å². The van der Waals surface area contributed by atoms with Crippen molar-refractivity contribution in [3.05, 3.63) is 0 Å². The van der Waals surface area contributed by atoms with Crippen LogP contribution in [0.25, 0.3) is 0 Å². The zero-order valence-electron chi connectivity index (χ0n) is 6.29. The van der Waals surface area contributed by atoms with E-state index in [1.807, 2.05) is 0 Å². The van der Waals surface area contributed by atoms with Gasteiger partial charge >= 0.3 is 0 Å². The zero-order chi connectivity index (χ0) is 7.72. The molecule has 1 saturated carbocycles. The fourth-order valence-corrected chi connectivity index (χ4v) is 0.826. The van der Waals surface area contributed by atoms with Gasteiger partial charge in [0.15, 0.2) is 0 Å². The maximum atomic E-state index is 10.8. The predicted octanol–water partition coefficient (Wildman–Crippen LogP) is -0.108. The lowest BCUT2D eigenvalue weighted by atomic mass is 10.3. The maximum absolute atomic E-state index is 10.8. The lowest BCUT2D eigenvalue weighted by Crippen LogP contribution is -2.34. The van der Waals surface area contributed by atoms with Gasteiger partial charge in [-0.05, 0) is 19.3 Å². The van der Waals surface area contributed by atoms with Gasteiger partial charge in [-0.1, -0.05) is 6.92 Å². The molecule has 0 aromatic carbocycles. The zero-order valence-corrected chi connectivity index (χ0v) is 6.29. The van der Waals surface area contributed by atoms with Gasteiger partial charge in [-0.2, -0.15) is 0 Å². The SMILES string of the molecule is CC1CC1NC(=O)[C@H](C)O. The van der Waals surface area contributed by atoms with E-state index in [1.54, 1.807) is 0 Å². The third-order valence-electron chi connectivity index (χ3n) is 1.82. The molecule has 0 aromatic rings. The van der Waals surface area contributed by atoms with E-state index < -0.39 is 6.10 Å². The first-order valence-corrected chi connectivity index (χ1v) is 3.59. The van der Waals surface area contributed by atoms with Crippen LogP contribution in [-0.4, -0.2) is 23.2 Å². The summed E-state index contributed by atoms with van der Waals surface area (Å²) in [7, 11) is 0. The summed E-state index contributed by atoms with van der Waals surface area (Å²) in [6.07, 6.45) is 0.186. The first-order valence-electron chi connectivity index (χ1n) is 3.59. The summed E-state index contributed by atoms with van der Waals surface area (Å²) in [5, 5.41) is 11.5. The lowest BCUT2D eigenvalue weighted by molar-refractivity contribution is -0.128. The third-order valence-corrected chi connectivity index (χ3v) is 1.82. The van der Waals surface area contributed by atoms with Crippen molar-refractivity contribution in [1.82, 2.24) is 5.32 Å². The molecule has 2 unspecified atom stereocenters. The topological polar surface area (TPSA) is 49.3 Å². The van der Waals surface area contributed by atoms with Crippen LogP contribution in [-0.2, 0) is 4.79 Å². The van der Waals surface area contributed by atoms with Crippen LogP contribution in [0.3, 0.4) is 0 Å². The number of nitrogens with one attached hydrogen (secondary N) is 1. The quantitative estimate of drug-likeness (QED) is 0.566. The normalized spacial score (nSPS) is 33.1. The van der Waals surface area contributed by atoms with Gasteiger partial charge in [0.2, 0.25) is 5.91 Å². The maximum Gasteiger partial charge on any atom is 0.248 e. The van der Waals surface area contributed by atoms with Crippen molar-refractivity contribution in [3.63, 3.8) is 0 Å². The minimum atomic E-state index is -0.868. The van der Waals surface area contributed by atoms with Crippen molar-refractivity contribution in [1.29, 1.82) is 0 Å². The molecule has 1 fully saturated rings. The summed E-state index contributed by atoms with van der Waals surface area (Å²) in [5.74, 6) is 0.344. The van der Waals surface area contributed by atoms with Gasteiger partial charge in [0, 0.05) is 6.04 Å². The predicted molar refractivity (Wildman–Crippen MR) is 37.4 cm³/mol. The molecule has 3 nitrogen and oxygen atoms in total. The monoisotopic (exact) mass is 143 g/mol. The first kappa shape index (κ1) is 7.54. The van der Waals surface area contributed by atoms with E-state index in [-0.39, 0.29) is 5.91 Å². The lowest BCUT2D eigenvalue weighted by Gasteiger charge is -2.04. The van der Waals surface area contributed by atoms with Crippen LogP contribution in [0, 0.1) is 5.92 Å². The van der Waals surface area contributed by atoms with E-state index in [0.717, 1.165) is 6.42 Å². The summed E-state index contributed by atoms with van der Waals surface area (Å²) >= 11 is 0. The van der Waals surface area contributed by atoms with E-state index in [2.05, 4.69) is 12.2 Å². The Morgan fingerprint density at radius 2 is 2.30 bits per heavy atom. The molecule has 0 aliphatic heterocycles. The minimum absolute atomic E-state index is 0.255. The van der Waals surface area contributed by atoms with E-state index in [1.165, 1.54) is 6.92 Å². The molecule has 1 rings (SSSR count). The number of amides is 1. The molecule has 1 aliphatic carbocycles. The average Bonchev–Trinajstić information content (AvgIpc) is 2.46. The van der Waals surface area contributed by atoms with Gasteiger partial charge in [0.05, 0.1) is 0 Å². The Balaban J connectivity index is 2.20. The Kier molecular flexibility index (Phi) is 1.94. The molecule has 3 atom stereocenters. The highest BCUT2D eigenvalue weighted by molar-refractivity contribution is 5.80. The molecule has 0 spiro atoms. The smallest absolute Gasteiger partial charge is 0.248 e. The van der Waals surface area contributed by atoms with Gasteiger partial charge in [-0.25, -0.2) is 0 Å². The van der Waals surface area contributed by atoms with Crippen molar-refractivity contribution in [2.75, 3.05) is 0 Å². The Morgan fingerprint density at radius 1 is 1.80 bits per heavy atom. The molecule has 58 valence electrons. The molecule has 1 amide bonds. The molecule has 0 radical (unpaired) electrons. The molecular weight excluding hydrogens is 130 g/mol. The summed E-state index contributed by atoms with van der Waals surface area (Å²) < 4.78 is 0. The Hall–Kier alpha value is -0.570. The van der Waals surface area contributed by atoms with Gasteiger partial charge < -0.3 is 10.4 Å². The van der Waals surface area contributed by atoms with Crippen LogP contribution >= 0.6 is 0 Å². The number of carbonyl (C=O) groups excluding carboxylic acids is 1. The van der Waals surface area contributed by atoms with Crippen molar-refractivity contribution in [2.45, 2.75) is 32.4 Å². The van der Waals surface area contributed by atoms with Crippen molar-refractivity contribution in [2.24, 2.45) is 5.92 Å². The number of carbonyl (C=O) groups is 1. The number of hydrogen-bond acceptors (Lipinski definition) is 2. The highest BCUT2D eigenvalue weighted by atomic mass is 16.3. The van der Waals surface area contributed by atoms with Crippen LogP contribution in [0.15, 0.2) is 0 Å². The number of rotatable bonds is 2. The summed E-state index contributed by atoms with van der Waals surface area (Å²) in [6.45, 7) is 3.55. The molecule has 3 heteroatoms. The second-order valence-electron chi connectivity index (χ2n) is 3.00. The van der Waals surface area contributed by atoms with Crippen molar-refractivity contribution >= 4 is 5.91 Å². The Labute approximate surface area is 60.4 Å². The van der Waals surface area contributed by atoms with E-state index in [4.69, 9.17) is 5.11 Å². The van der Waals surface area contributed by atoms with Crippen LogP contribution < -0.4 is 5.32 Å². The fourth-order valence-electron chi connectivity index (χ4n) is 0.826. The first-order chi connectivity index (χ1) is 4.61. The van der Waals surface area contributed by atoms with Crippen LogP contribution in [0.2, 0.25) is 0 Å². The fraction of sp³-hybridized carbons (Fsp3) is 0.857. The molecule has 2 N–H and O–H groups in total. The van der Waals surface area contributed by atoms with E-state index in [9.17, 15) is 4.79 Å². The highest BCUT2D eigenvalue weighted by Gasteiger charge is 2.34. The Morgan fingerprint density at radius 3 is 2.60 bits per heavy atom. The van der Waals surface area contributed by atoms with Gasteiger partial charge in [-0.15, -0.1) is 0 Å². The standard InChI is InChI=1S/C7H13NO2/c1-4-3-6(4)8-7(10)5(2)9/h4-6,9H,3H2,1-2H3,(H,8,10)/t4?,5-,6?/m0/s1. The summed E-state index contributed by atoms with van der Waals surface area (Å²) in [6, 6.07) is 0.321. The molecule has 0 heterocycles. The molecule has 10 heavy (non-hydrogen) atoms. The van der Waals surface area contributed by atoms with E-state index >= 15 is 0 Å². The largest absolute Gasteiger partial charge is 0.384 e. The van der Waals surface area contributed by atoms with Gasteiger partial charge in [-0.3, -0.25) is 4.79 Å². The second kappa shape index (κ2) is 2.58. The van der Waals surface area contributed by atoms with Crippen LogP contribution in [0.4, 0.5) is 0 Å². The molecule has 1 aliphatic rings. The van der Waals surface area contributed by atoms with Crippen molar-refractivity contribution in [3.8, 4) is 0 Å². The van der Waals surface area contributed by atoms with E-state index in [0.29, 0.717) is 12.0 Å². The highest BCUT2D eigenvalue weighted by Crippen LogP contribution is 2.28. The van der Waals surface area contributed by atoms with Crippen LogP contribution in [0.5, 0.6) is 0 Å².